The largest absolute Gasteiger partial charge is 0.330 e. The first-order chi connectivity index (χ1) is 5.24. The predicted molar refractivity (Wildman–Crippen MR) is 42.6 cm³/mol. The van der Waals surface area contributed by atoms with Gasteiger partial charge in [0.05, 0.1) is 0 Å². The average Bonchev–Trinajstić information content (AvgIpc) is 2.05. The van der Waals surface area contributed by atoms with Crippen LogP contribution in [0.4, 0.5) is 0 Å². The van der Waals surface area contributed by atoms with Gasteiger partial charge in [-0.05, 0) is 38.1 Å². The van der Waals surface area contributed by atoms with E-state index in [0.717, 1.165) is 32.2 Å². The van der Waals surface area contributed by atoms with Gasteiger partial charge in [-0.15, -0.1) is 0 Å². The van der Waals surface area contributed by atoms with Crippen LogP contribution >= 0.6 is 0 Å². The number of hydrogen-bond donors (Lipinski definition) is 1. The zero-order valence-corrected chi connectivity index (χ0v) is 6.68. The number of rotatable bonds is 2. The van der Waals surface area contributed by atoms with Crippen molar-refractivity contribution in [3.05, 3.63) is 0 Å². The van der Waals surface area contributed by atoms with E-state index in [0.29, 0.717) is 5.92 Å². The van der Waals surface area contributed by atoms with Crippen molar-refractivity contribution >= 4 is 5.91 Å². The van der Waals surface area contributed by atoms with E-state index < -0.39 is 0 Å². The first kappa shape index (κ1) is 8.53. The molecule has 0 aromatic heterocycles. The third-order valence-corrected chi connectivity index (χ3v) is 2.55. The van der Waals surface area contributed by atoms with Gasteiger partial charge in [0.15, 0.2) is 0 Å². The monoisotopic (exact) mass is 155 g/mol. The van der Waals surface area contributed by atoms with Gasteiger partial charge in [0, 0.05) is 5.92 Å². The molecule has 3 nitrogen and oxygen atoms in total. The summed E-state index contributed by atoms with van der Waals surface area (Å²) in [4.78, 5) is 10.6. The molecule has 11 heavy (non-hydrogen) atoms. The Balaban J connectivity index is 2.30. The van der Waals surface area contributed by atoms with Crippen molar-refractivity contribution in [1.82, 2.24) is 5.73 Å². The van der Waals surface area contributed by atoms with Crippen LogP contribution < -0.4 is 11.5 Å². The molecule has 1 saturated carbocycles. The molecule has 1 radical (unpaired) electrons. The summed E-state index contributed by atoms with van der Waals surface area (Å²) in [5, 5.41) is 0. The minimum atomic E-state index is -0.388. The maximum absolute atomic E-state index is 10.6. The lowest BCUT2D eigenvalue weighted by atomic mass is 9.82. The molecule has 0 aliphatic heterocycles. The Morgan fingerprint density at radius 1 is 1.36 bits per heavy atom. The molecule has 1 aliphatic rings. The molecule has 0 atom stereocenters. The van der Waals surface area contributed by atoms with E-state index in [9.17, 15) is 4.79 Å². The standard InChI is InChI=1S/C8H15N2O/c9-5-6-1-3-7(4-2-6)8(10)11/h6-7,10H,1-5,9H2/t6-,7-. The molecule has 1 fully saturated rings. The van der Waals surface area contributed by atoms with Crippen LogP contribution in [-0.2, 0) is 4.79 Å². The second kappa shape index (κ2) is 3.72. The van der Waals surface area contributed by atoms with Crippen LogP contribution in [0.25, 0.3) is 0 Å². The van der Waals surface area contributed by atoms with Gasteiger partial charge in [-0.3, -0.25) is 10.5 Å². The molecule has 0 saturated heterocycles. The fourth-order valence-corrected chi connectivity index (χ4v) is 1.66. The maximum atomic E-state index is 10.6. The van der Waals surface area contributed by atoms with Crippen LogP contribution in [0.5, 0.6) is 0 Å². The molecule has 63 valence electrons. The molecule has 0 heterocycles. The zero-order chi connectivity index (χ0) is 8.27. The number of hydrogen-bond acceptors (Lipinski definition) is 2. The van der Waals surface area contributed by atoms with E-state index in [1.807, 2.05) is 0 Å². The Bertz CT molecular complexity index is 139. The summed E-state index contributed by atoms with van der Waals surface area (Å²) in [6, 6.07) is 0. The lowest BCUT2D eigenvalue weighted by Gasteiger charge is -2.24. The van der Waals surface area contributed by atoms with Crippen LogP contribution in [0.3, 0.4) is 0 Å². The highest BCUT2D eigenvalue weighted by Crippen LogP contribution is 2.27. The van der Waals surface area contributed by atoms with E-state index in [1.165, 1.54) is 0 Å². The van der Waals surface area contributed by atoms with Crippen molar-refractivity contribution in [2.45, 2.75) is 25.7 Å². The van der Waals surface area contributed by atoms with Crippen molar-refractivity contribution in [3.8, 4) is 0 Å². The van der Waals surface area contributed by atoms with E-state index in [2.05, 4.69) is 0 Å². The second-order valence-corrected chi connectivity index (χ2v) is 3.32. The number of carbonyl (C=O) groups is 1. The molecule has 3 N–H and O–H groups in total. The molecular formula is C8H15N2O. The van der Waals surface area contributed by atoms with E-state index in [-0.39, 0.29) is 11.8 Å². The van der Waals surface area contributed by atoms with Gasteiger partial charge in [-0.25, -0.2) is 0 Å². The predicted octanol–water partition coefficient (Wildman–Crippen LogP) is 0.561. The summed E-state index contributed by atoms with van der Waals surface area (Å²) in [5.74, 6) is 0.226. The van der Waals surface area contributed by atoms with Crippen LogP contribution in [0.15, 0.2) is 0 Å². The molecule has 1 amide bonds. The quantitative estimate of drug-likeness (QED) is 0.633. The van der Waals surface area contributed by atoms with Crippen molar-refractivity contribution < 1.29 is 4.79 Å². The van der Waals surface area contributed by atoms with Gasteiger partial charge < -0.3 is 5.73 Å². The molecule has 3 heteroatoms. The summed E-state index contributed by atoms with van der Waals surface area (Å²) < 4.78 is 0. The van der Waals surface area contributed by atoms with Crippen molar-refractivity contribution in [2.75, 3.05) is 6.54 Å². The molecule has 1 rings (SSSR count). The summed E-state index contributed by atoms with van der Waals surface area (Å²) in [7, 11) is 0. The molecule has 1 aliphatic carbocycles. The average molecular weight is 155 g/mol. The Labute approximate surface area is 67.1 Å². The lowest BCUT2D eigenvalue weighted by Crippen LogP contribution is -2.25. The molecule has 0 bridgehead atoms. The number of nitrogens with two attached hydrogens (primary N) is 1. The van der Waals surface area contributed by atoms with Gasteiger partial charge in [0.2, 0.25) is 5.91 Å². The summed E-state index contributed by atoms with van der Waals surface area (Å²) in [6.45, 7) is 0.735. The Morgan fingerprint density at radius 3 is 2.27 bits per heavy atom. The summed E-state index contributed by atoms with van der Waals surface area (Å²) in [5.41, 5.74) is 12.4. The molecule has 0 unspecified atom stereocenters. The molecule has 0 aromatic carbocycles. The highest BCUT2D eigenvalue weighted by Gasteiger charge is 2.23. The molecule has 0 spiro atoms. The van der Waals surface area contributed by atoms with E-state index in [1.54, 1.807) is 0 Å². The minimum absolute atomic E-state index is 0.0119. The Morgan fingerprint density at radius 2 is 1.91 bits per heavy atom. The maximum Gasteiger partial charge on any atom is 0.241 e. The minimum Gasteiger partial charge on any atom is -0.330 e. The topological polar surface area (TPSA) is 66.9 Å². The highest BCUT2D eigenvalue weighted by molar-refractivity contribution is 5.75. The lowest BCUT2D eigenvalue weighted by molar-refractivity contribution is -0.123. The zero-order valence-electron chi connectivity index (χ0n) is 6.68. The SMILES string of the molecule is [NH]C(=O)[C@H]1CC[C@H](CN)CC1. The van der Waals surface area contributed by atoms with Crippen LogP contribution in [0, 0.1) is 11.8 Å². The van der Waals surface area contributed by atoms with E-state index >= 15 is 0 Å². The van der Waals surface area contributed by atoms with Gasteiger partial charge in [-0.1, -0.05) is 0 Å². The van der Waals surface area contributed by atoms with Gasteiger partial charge in [0.25, 0.3) is 0 Å². The van der Waals surface area contributed by atoms with Crippen molar-refractivity contribution in [1.29, 1.82) is 0 Å². The third-order valence-electron chi connectivity index (χ3n) is 2.55. The fraction of sp³-hybridized carbons (Fsp3) is 0.875. The fourth-order valence-electron chi connectivity index (χ4n) is 1.66. The molecular weight excluding hydrogens is 140 g/mol. The number of nitrogens with one attached hydrogen (secondary N) is 1. The smallest absolute Gasteiger partial charge is 0.241 e. The van der Waals surface area contributed by atoms with Crippen molar-refractivity contribution in [3.63, 3.8) is 0 Å². The number of carbonyl (C=O) groups excluding carboxylic acids is 1. The highest BCUT2D eigenvalue weighted by atomic mass is 16.1. The van der Waals surface area contributed by atoms with Gasteiger partial charge in [0.1, 0.15) is 0 Å². The van der Waals surface area contributed by atoms with E-state index in [4.69, 9.17) is 11.5 Å². The number of amides is 1. The Kier molecular flexibility index (Phi) is 2.88. The van der Waals surface area contributed by atoms with Crippen LogP contribution in [0.2, 0.25) is 0 Å². The van der Waals surface area contributed by atoms with Gasteiger partial charge >= 0.3 is 0 Å². The van der Waals surface area contributed by atoms with Crippen LogP contribution in [-0.4, -0.2) is 12.5 Å². The summed E-state index contributed by atoms with van der Waals surface area (Å²) >= 11 is 0. The van der Waals surface area contributed by atoms with Crippen molar-refractivity contribution in [2.24, 2.45) is 17.6 Å². The summed E-state index contributed by atoms with van der Waals surface area (Å²) in [6.07, 6.45) is 3.83. The second-order valence-electron chi connectivity index (χ2n) is 3.32. The van der Waals surface area contributed by atoms with Gasteiger partial charge in [-0.2, -0.15) is 0 Å². The van der Waals surface area contributed by atoms with Crippen LogP contribution in [0.1, 0.15) is 25.7 Å². The molecule has 0 aromatic rings. The normalized spacial score (nSPS) is 31.7. The third kappa shape index (κ3) is 2.19. The Hall–Kier alpha value is -0.570. The first-order valence-electron chi connectivity index (χ1n) is 4.19. The first-order valence-corrected chi connectivity index (χ1v) is 4.19.